The van der Waals surface area contributed by atoms with Crippen LogP contribution in [0.3, 0.4) is 0 Å². The highest BCUT2D eigenvalue weighted by Gasteiger charge is 2.27. The van der Waals surface area contributed by atoms with Gasteiger partial charge in [-0.1, -0.05) is 6.07 Å². The van der Waals surface area contributed by atoms with Crippen LogP contribution in [0.15, 0.2) is 24.3 Å². The first kappa shape index (κ1) is 12.2. The number of fused-ring (bicyclic) bond motifs is 1. The molecule has 5 heteroatoms. The Balaban J connectivity index is 1.97. The Morgan fingerprint density at radius 1 is 1.42 bits per heavy atom. The number of nitrogen functional groups attached to an aromatic ring is 1. The Morgan fingerprint density at radius 3 is 2.89 bits per heavy atom. The molecule has 0 aliphatic carbocycles. The van der Waals surface area contributed by atoms with Crippen LogP contribution < -0.4 is 10.6 Å². The first-order valence-electron chi connectivity index (χ1n) is 6.02. The normalized spacial score (nSPS) is 13.7. The summed E-state index contributed by atoms with van der Waals surface area (Å²) in [6.07, 6.45) is 0.765. The van der Waals surface area contributed by atoms with Gasteiger partial charge in [0.2, 0.25) is 0 Å². The van der Waals surface area contributed by atoms with Gasteiger partial charge < -0.3 is 10.6 Å². The van der Waals surface area contributed by atoms with E-state index in [1.807, 2.05) is 6.92 Å². The van der Waals surface area contributed by atoms with E-state index < -0.39 is 0 Å². The third kappa shape index (κ3) is 2.00. The number of carbonyl (C=O) groups excluding carboxylic acids is 1. The van der Waals surface area contributed by atoms with E-state index in [0.29, 0.717) is 22.8 Å². The highest BCUT2D eigenvalue weighted by atomic mass is 32.1. The van der Waals surface area contributed by atoms with Crippen LogP contribution in [0.25, 0.3) is 0 Å². The van der Waals surface area contributed by atoms with Crippen LogP contribution >= 0.6 is 11.3 Å². The van der Waals surface area contributed by atoms with Gasteiger partial charge in [0.15, 0.2) is 0 Å². The average molecular weight is 276 g/mol. The van der Waals surface area contributed by atoms with Crippen molar-refractivity contribution in [2.24, 2.45) is 0 Å². The zero-order valence-electron chi connectivity index (χ0n) is 10.4. The van der Waals surface area contributed by atoms with Crippen LogP contribution in [-0.4, -0.2) is 12.5 Å². The molecule has 0 saturated carbocycles. The molecule has 1 aromatic heterocycles. The van der Waals surface area contributed by atoms with Crippen LogP contribution in [-0.2, 0) is 6.42 Å². The molecule has 0 saturated heterocycles. The molecular weight excluding hydrogens is 263 g/mol. The molecule has 2 heterocycles. The lowest BCUT2D eigenvalue weighted by Gasteiger charge is -2.16. The van der Waals surface area contributed by atoms with E-state index in [9.17, 15) is 9.18 Å². The summed E-state index contributed by atoms with van der Waals surface area (Å²) >= 11 is 1.38. The number of nitrogens with zero attached hydrogens (tertiary/aromatic N) is 1. The van der Waals surface area contributed by atoms with Crippen LogP contribution in [0.5, 0.6) is 0 Å². The maximum absolute atomic E-state index is 13.3. The smallest absolute Gasteiger partial charge is 0.268 e. The van der Waals surface area contributed by atoms with Gasteiger partial charge in [0, 0.05) is 17.1 Å². The number of carbonyl (C=O) groups is 1. The monoisotopic (exact) mass is 276 g/mol. The first-order chi connectivity index (χ1) is 9.06. The quantitative estimate of drug-likeness (QED) is 0.870. The maximum Gasteiger partial charge on any atom is 0.268 e. The van der Waals surface area contributed by atoms with Crippen molar-refractivity contribution >= 4 is 28.6 Å². The van der Waals surface area contributed by atoms with Crippen molar-refractivity contribution in [3.05, 3.63) is 45.4 Å². The zero-order chi connectivity index (χ0) is 13.6. The summed E-state index contributed by atoms with van der Waals surface area (Å²) < 4.78 is 13.3. The van der Waals surface area contributed by atoms with Gasteiger partial charge in [-0.05, 0) is 37.1 Å². The lowest BCUT2D eigenvalue weighted by molar-refractivity contribution is 0.0993. The van der Waals surface area contributed by atoms with Crippen molar-refractivity contribution in [2.75, 3.05) is 17.2 Å². The van der Waals surface area contributed by atoms with Crippen molar-refractivity contribution in [2.45, 2.75) is 13.3 Å². The molecule has 0 fully saturated rings. The van der Waals surface area contributed by atoms with E-state index in [4.69, 9.17) is 5.73 Å². The zero-order valence-corrected chi connectivity index (χ0v) is 11.3. The number of amides is 1. The van der Waals surface area contributed by atoms with E-state index in [-0.39, 0.29) is 11.7 Å². The molecular formula is C14H13FN2OS. The number of benzene rings is 1. The van der Waals surface area contributed by atoms with Crippen molar-refractivity contribution in [1.82, 2.24) is 0 Å². The fourth-order valence-electron chi connectivity index (χ4n) is 2.30. The van der Waals surface area contributed by atoms with Crippen molar-refractivity contribution in [3.63, 3.8) is 0 Å². The number of hydrogen-bond donors (Lipinski definition) is 1. The topological polar surface area (TPSA) is 46.3 Å². The third-order valence-electron chi connectivity index (χ3n) is 3.35. The van der Waals surface area contributed by atoms with E-state index in [1.165, 1.54) is 23.5 Å². The maximum atomic E-state index is 13.3. The Labute approximate surface area is 114 Å². The second-order valence-electron chi connectivity index (χ2n) is 4.60. The highest BCUT2D eigenvalue weighted by molar-refractivity contribution is 7.14. The molecule has 0 spiro atoms. The van der Waals surface area contributed by atoms with Crippen LogP contribution in [0.2, 0.25) is 0 Å². The Bertz CT molecular complexity index is 646. The van der Waals surface area contributed by atoms with Crippen molar-refractivity contribution in [1.29, 1.82) is 0 Å². The van der Waals surface area contributed by atoms with Gasteiger partial charge in [-0.3, -0.25) is 4.79 Å². The van der Waals surface area contributed by atoms with Gasteiger partial charge in [0.1, 0.15) is 5.82 Å². The number of rotatable bonds is 1. The molecule has 0 bridgehead atoms. The van der Waals surface area contributed by atoms with Gasteiger partial charge >= 0.3 is 0 Å². The van der Waals surface area contributed by atoms with Crippen LogP contribution in [0, 0.1) is 12.7 Å². The molecule has 1 aromatic carbocycles. The molecule has 2 N–H and O–H groups in total. The molecule has 1 aliphatic heterocycles. The molecule has 1 aliphatic rings. The summed E-state index contributed by atoms with van der Waals surface area (Å²) in [5.74, 6) is -0.422. The molecule has 98 valence electrons. The summed E-state index contributed by atoms with van der Waals surface area (Å²) in [7, 11) is 0. The number of aryl methyl sites for hydroxylation is 1. The summed E-state index contributed by atoms with van der Waals surface area (Å²) in [4.78, 5) is 15.6. The SMILES string of the molecule is Cc1sc(C(=O)N2CCc3ccc(F)cc32)cc1N. The summed E-state index contributed by atoms with van der Waals surface area (Å²) in [6, 6.07) is 6.29. The molecule has 19 heavy (non-hydrogen) atoms. The lowest BCUT2D eigenvalue weighted by atomic mass is 10.2. The van der Waals surface area contributed by atoms with Crippen molar-refractivity contribution < 1.29 is 9.18 Å². The van der Waals surface area contributed by atoms with Crippen LogP contribution in [0.4, 0.5) is 15.8 Å². The Kier molecular flexibility index (Phi) is 2.78. The Hall–Kier alpha value is -1.88. The largest absolute Gasteiger partial charge is 0.398 e. The van der Waals surface area contributed by atoms with Crippen LogP contribution in [0.1, 0.15) is 20.1 Å². The average Bonchev–Trinajstić information content (AvgIpc) is 2.93. The lowest BCUT2D eigenvalue weighted by Crippen LogP contribution is -2.28. The van der Waals surface area contributed by atoms with Gasteiger partial charge in [-0.2, -0.15) is 0 Å². The third-order valence-corrected chi connectivity index (χ3v) is 4.41. The second-order valence-corrected chi connectivity index (χ2v) is 5.86. The number of nitrogens with two attached hydrogens (primary N) is 1. The van der Waals surface area contributed by atoms with E-state index in [1.54, 1.807) is 17.0 Å². The summed E-state index contributed by atoms with van der Waals surface area (Å²) in [5.41, 5.74) is 8.09. The molecule has 0 atom stereocenters. The minimum Gasteiger partial charge on any atom is -0.398 e. The number of halogens is 1. The highest BCUT2D eigenvalue weighted by Crippen LogP contribution is 2.32. The van der Waals surface area contributed by atoms with E-state index >= 15 is 0 Å². The molecule has 3 nitrogen and oxygen atoms in total. The molecule has 2 aromatic rings. The first-order valence-corrected chi connectivity index (χ1v) is 6.84. The van der Waals surface area contributed by atoms with Crippen molar-refractivity contribution in [3.8, 4) is 0 Å². The second kappa shape index (κ2) is 4.35. The summed E-state index contributed by atoms with van der Waals surface area (Å²) in [6.45, 7) is 2.48. The predicted octanol–water partition coefficient (Wildman–Crippen LogP) is 2.98. The fraction of sp³-hybridized carbons (Fsp3) is 0.214. The van der Waals surface area contributed by atoms with E-state index in [0.717, 1.165) is 16.9 Å². The molecule has 0 unspecified atom stereocenters. The molecule has 0 radical (unpaired) electrons. The van der Waals surface area contributed by atoms with E-state index in [2.05, 4.69) is 0 Å². The fourth-order valence-corrected chi connectivity index (χ4v) is 3.19. The predicted molar refractivity (Wildman–Crippen MR) is 75.2 cm³/mol. The standard InChI is InChI=1S/C14H13FN2OS/c1-8-11(16)7-13(19-8)14(18)17-5-4-9-2-3-10(15)6-12(9)17/h2-3,6-7H,4-5,16H2,1H3. The van der Waals surface area contributed by atoms with Gasteiger partial charge in [0.25, 0.3) is 5.91 Å². The van der Waals surface area contributed by atoms with Gasteiger partial charge in [-0.25, -0.2) is 4.39 Å². The number of thiophene rings is 1. The van der Waals surface area contributed by atoms with Gasteiger partial charge in [0.05, 0.1) is 10.6 Å². The summed E-state index contributed by atoms with van der Waals surface area (Å²) in [5, 5.41) is 0. The number of anilines is 2. The molecule has 1 amide bonds. The molecule has 3 rings (SSSR count). The van der Waals surface area contributed by atoms with Gasteiger partial charge in [-0.15, -0.1) is 11.3 Å². The minimum atomic E-state index is -0.319. The minimum absolute atomic E-state index is 0.103. The number of hydrogen-bond acceptors (Lipinski definition) is 3. The Morgan fingerprint density at radius 2 is 2.21 bits per heavy atom.